The van der Waals surface area contributed by atoms with Gasteiger partial charge in [-0.15, -0.1) is 0 Å². The van der Waals surface area contributed by atoms with Crippen LogP contribution in [0.3, 0.4) is 0 Å². The van der Waals surface area contributed by atoms with Gasteiger partial charge in [-0.3, -0.25) is 14.9 Å². The van der Waals surface area contributed by atoms with Crippen LogP contribution in [0.15, 0.2) is 11.1 Å². The van der Waals surface area contributed by atoms with E-state index in [1.54, 1.807) is 13.8 Å². The first-order valence-electron chi connectivity index (χ1n) is 11.3. The molecule has 2 aromatic heterocycles. The third-order valence-electron chi connectivity index (χ3n) is 6.44. The number of sulfone groups is 1. The molecule has 0 radical (unpaired) electrons. The van der Waals surface area contributed by atoms with Gasteiger partial charge in [0.25, 0.3) is 5.56 Å². The summed E-state index contributed by atoms with van der Waals surface area (Å²) in [6.45, 7) is 13.9. The Kier molecular flexibility index (Phi) is 7.15. The molecule has 1 aliphatic rings. The molecule has 190 valence electrons. The van der Waals surface area contributed by atoms with E-state index < -0.39 is 42.1 Å². The number of hydrogen-bond acceptors (Lipinski definition) is 8. The number of H-pyrrole nitrogens is 1. The summed E-state index contributed by atoms with van der Waals surface area (Å²) < 4.78 is 38.3. The third kappa shape index (κ3) is 5.58. The van der Waals surface area contributed by atoms with Gasteiger partial charge in [-0.25, -0.2) is 18.0 Å². The van der Waals surface area contributed by atoms with Crippen molar-refractivity contribution >= 4 is 41.2 Å². The predicted molar refractivity (Wildman–Crippen MR) is 132 cm³/mol. The summed E-state index contributed by atoms with van der Waals surface area (Å²) in [5, 5.41) is 2.58. The van der Waals surface area contributed by atoms with E-state index in [0.717, 1.165) is 6.26 Å². The molecular weight excluding hydrogens is 478 g/mol. The Morgan fingerprint density at radius 1 is 1.38 bits per heavy atom. The van der Waals surface area contributed by atoms with Gasteiger partial charge in [0.05, 0.1) is 24.3 Å². The zero-order valence-electron chi connectivity index (χ0n) is 21.0. The first-order valence-corrected chi connectivity index (χ1v) is 16.2. The Labute approximate surface area is 200 Å². The highest BCUT2D eigenvalue weighted by atomic mass is 32.2. The van der Waals surface area contributed by atoms with Crippen LogP contribution in [0.25, 0.3) is 11.2 Å². The fourth-order valence-corrected chi connectivity index (χ4v) is 5.74. The third-order valence-corrected chi connectivity index (χ3v) is 11.9. The number of carbonyl (C=O) groups excluding carboxylic acids is 1. The van der Waals surface area contributed by atoms with Crippen molar-refractivity contribution in [3.05, 3.63) is 16.7 Å². The average Bonchev–Trinajstić information content (AvgIpc) is 3.26. The van der Waals surface area contributed by atoms with Crippen LogP contribution in [0.4, 0.5) is 5.95 Å². The molecule has 0 bridgehead atoms. The van der Waals surface area contributed by atoms with Crippen LogP contribution in [0, 0.1) is 5.92 Å². The number of ether oxygens (including phenoxy) is 1. The van der Waals surface area contributed by atoms with Crippen molar-refractivity contribution in [3.8, 4) is 0 Å². The first-order chi connectivity index (χ1) is 15.5. The van der Waals surface area contributed by atoms with Crippen molar-refractivity contribution in [1.29, 1.82) is 0 Å². The Bertz CT molecular complexity index is 1230. The lowest BCUT2D eigenvalue weighted by Crippen LogP contribution is -2.47. The molecule has 1 amide bonds. The number of aromatic amines is 1. The molecule has 2 N–H and O–H groups in total. The van der Waals surface area contributed by atoms with Gasteiger partial charge in [0.2, 0.25) is 11.9 Å². The second kappa shape index (κ2) is 9.17. The van der Waals surface area contributed by atoms with Crippen LogP contribution in [-0.2, 0) is 23.8 Å². The van der Waals surface area contributed by atoms with E-state index in [9.17, 15) is 18.0 Å². The van der Waals surface area contributed by atoms with Crippen LogP contribution in [0.1, 0.15) is 47.3 Å². The van der Waals surface area contributed by atoms with Crippen molar-refractivity contribution in [1.82, 2.24) is 19.5 Å². The van der Waals surface area contributed by atoms with E-state index in [4.69, 9.17) is 9.16 Å². The van der Waals surface area contributed by atoms with Crippen LogP contribution >= 0.6 is 0 Å². The topological polar surface area (TPSA) is 145 Å². The Balaban J connectivity index is 2.06. The van der Waals surface area contributed by atoms with E-state index >= 15 is 0 Å². The molecule has 13 heteroatoms. The quantitative estimate of drug-likeness (QED) is 0.537. The molecular formula is C21H35N5O6SSi. The maximum Gasteiger partial charge on any atom is 0.283 e. The molecule has 0 aromatic carbocycles. The molecule has 3 atom stereocenters. The van der Waals surface area contributed by atoms with Gasteiger partial charge in [0, 0.05) is 18.6 Å². The number of anilines is 1. The molecule has 34 heavy (non-hydrogen) atoms. The number of nitrogens with zero attached hydrogens (tertiary/aromatic N) is 3. The summed E-state index contributed by atoms with van der Waals surface area (Å²) in [4.78, 5) is 37.0. The second-order valence-corrected chi connectivity index (χ2v) is 17.7. The summed E-state index contributed by atoms with van der Waals surface area (Å²) in [6.07, 6.45) is 0.537. The summed E-state index contributed by atoms with van der Waals surface area (Å²) >= 11 is 0. The van der Waals surface area contributed by atoms with Gasteiger partial charge in [-0.1, -0.05) is 34.6 Å². The van der Waals surface area contributed by atoms with Gasteiger partial charge in [0.1, 0.15) is 16.1 Å². The molecule has 0 saturated carbocycles. The standard InChI is InChI=1S/C21H35N5O6SSi/c1-12(2)18(27)25-20-24-17-16(22-11-23-17)19(28)26(20)15-9-13(14(31-15)10-33(6,29)30)32-34(7,8)21(3,4)5/h11-15H,9-10H2,1-8H3,(H,22,23)(H,24,25,27)/t13-,14-,15+/m0/s1. The van der Waals surface area contributed by atoms with Crippen molar-refractivity contribution in [2.45, 2.75) is 77.6 Å². The number of nitrogens with one attached hydrogen (secondary N) is 2. The predicted octanol–water partition coefficient (Wildman–Crippen LogP) is 2.44. The highest BCUT2D eigenvalue weighted by Gasteiger charge is 2.46. The maximum atomic E-state index is 13.4. The largest absolute Gasteiger partial charge is 0.411 e. The normalized spacial score (nSPS) is 22.0. The fraction of sp³-hybridized carbons (Fsp3) is 0.714. The van der Waals surface area contributed by atoms with Crippen LogP contribution in [0.2, 0.25) is 18.1 Å². The SMILES string of the molecule is CC(C)C(=O)Nc1nc2nc[nH]c2c(=O)n1[C@H]1C[C@H](O[Si](C)(C)C(C)(C)C)[C@H](CS(C)(=O)=O)O1. The monoisotopic (exact) mass is 513 g/mol. The first kappa shape index (κ1) is 26.5. The summed E-state index contributed by atoms with van der Waals surface area (Å²) in [7, 11) is -5.67. The molecule has 1 fully saturated rings. The van der Waals surface area contributed by atoms with Crippen LogP contribution < -0.4 is 10.9 Å². The lowest BCUT2D eigenvalue weighted by Gasteiger charge is -2.39. The maximum absolute atomic E-state index is 13.4. The smallest absolute Gasteiger partial charge is 0.283 e. The molecule has 11 nitrogen and oxygen atoms in total. The lowest BCUT2D eigenvalue weighted by atomic mass is 10.2. The Morgan fingerprint density at radius 2 is 2.03 bits per heavy atom. The van der Waals surface area contributed by atoms with E-state index in [1.165, 1.54) is 10.9 Å². The van der Waals surface area contributed by atoms with Gasteiger partial charge in [0.15, 0.2) is 19.5 Å². The number of carbonyl (C=O) groups is 1. The minimum Gasteiger partial charge on any atom is -0.411 e. The molecule has 1 aliphatic heterocycles. The number of rotatable bonds is 7. The zero-order chi connectivity index (χ0) is 25.6. The Hall–Kier alpha value is -2.09. The highest BCUT2D eigenvalue weighted by molar-refractivity contribution is 7.90. The van der Waals surface area contributed by atoms with Gasteiger partial charge >= 0.3 is 0 Å². The summed E-state index contributed by atoms with van der Waals surface area (Å²) in [5.74, 6) is -0.919. The van der Waals surface area contributed by atoms with E-state index in [0.29, 0.717) is 0 Å². The summed E-state index contributed by atoms with van der Waals surface area (Å²) in [5.41, 5.74) is -0.141. The number of imidazole rings is 1. The van der Waals surface area contributed by atoms with Crippen molar-refractivity contribution in [3.63, 3.8) is 0 Å². The van der Waals surface area contributed by atoms with Crippen molar-refractivity contribution in [2.75, 3.05) is 17.3 Å². The minimum absolute atomic E-state index is 0.000572. The van der Waals surface area contributed by atoms with E-state index in [1.807, 2.05) is 0 Å². The number of hydrogen-bond donors (Lipinski definition) is 2. The molecule has 0 aliphatic carbocycles. The van der Waals surface area contributed by atoms with Crippen LogP contribution in [0.5, 0.6) is 0 Å². The molecule has 2 aromatic rings. The second-order valence-electron chi connectivity index (χ2n) is 10.7. The number of amides is 1. The molecule has 0 unspecified atom stereocenters. The summed E-state index contributed by atoms with van der Waals surface area (Å²) in [6, 6.07) is 0. The van der Waals surface area contributed by atoms with E-state index in [2.05, 4.69) is 54.1 Å². The molecule has 3 heterocycles. The van der Waals surface area contributed by atoms with Gasteiger partial charge in [-0.2, -0.15) is 4.98 Å². The highest BCUT2D eigenvalue weighted by Crippen LogP contribution is 2.41. The zero-order valence-corrected chi connectivity index (χ0v) is 22.8. The van der Waals surface area contributed by atoms with Crippen molar-refractivity contribution < 1.29 is 22.4 Å². The van der Waals surface area contributed by atoms with E-state index in [-0.39, 0.29) is 46.1 Å². The molecule has 1 saturated heterocycles. The molecule has 0 spiro atoms. The fourth-order valence-electron chi connectivity index (χ4n) is 3.50. The van der Waals surface area contributed by atoms with Gasteiger partial charge in [-0.05, 0) is 18.1 Å². The lowest BCUT2D eigenvalue weighted by molar-refractivity contribution is -0.119. The number of fused-ring (bicyclic) bond motifs is 1. The minimum atomic E-state index is -3.39. The average molecular weight is 514 g/mol. The van der Waals surface area contributed by atoms with Gasteiger partial charge < -0.3 is 14.1 Å². The van der Waals surface area contributed by atoms with Crippen molar-refractivity contribution in [2.24, 2.45) is 5.92 Å². The molecule has 3 rings (SSSR count). The Morgan fingerprint density at radius 3 is 2.59 bits per heavy atom. The number of aromatic nitrogens is 4. The van der Waals surface area contributed by atoms with Crippen LogP contribution in [-0.4, -0.2) is 66.4 Å².